The van der Waals surface area contributed by atoms with Crippen LogP contribution in [0.4, 0.5) is 0 Å². The van der Waals surface area contributed by atoms with E-state index in [0.717, 1.165) is 0 Å². The molecule has 1 aliphatic heterocycles. The van der Waals surface area contributed by atoms with Crippen molar-refractivity contribution in [3.05, 3.63) is 65.2 Å². The minimum Gasteiger partial charge on any atom is -0.508 e. The van der Waals surface area contributed by atoms with Gasteiger partial charge in [0.1, 0.15) is 18.0 Å². The first-order chi connectivity index (χ1) is 18.6. The molecule has 0 radical (unpaired) electrons. The zero-order valence-electron chi connectivity index (χ0n) is 21.2. The number of esters is 2. The number of benzene rings is 2. The Bertz CT molecular complexity index is 1150. The number of rotatable bonds is 11. The first kappa shape index (κ1) is 29.9. The minimum atomic E-state index is -1.59. The Kier molecular flexibility index (Phi) is 10.7. The van der Waals surface area contributed by atoms with Crippen molar-refractivity contribution in [2.45, 2.75) is 50.5 Å². The Hall–Kier alpha value is -3.68. The second-order valence-electron chi connectivity index (χ2n) is 9.01. The Morgan fingerprint density at radius 1 is 0.897 bits per heavy atom. The van der Waals surface area contributed by atoms with Crippen molar-refractivity contribution in [1.29, 1.82) is 0 Å². The van der Waals surface area contributed by atoms with Crippen LogP contribution in [0, 0.1) is 0 Å². The Labute approximate surface area is 224 Å². The molecule has 2 aromatic carbocycles. The number of carbonyl (C=O) groups excluding carboxylic acids is 2. The number of carbonyl (C=O) groups is 2. The molecule has 0 aliphatic carbocycles. The molecule has 1 saturated heterocycles. The highest BCUT2D eigenvalue weighted by atomic mass is 16.7. The minimum absolute atomic E-state index is 0.0113. The average molecular weight is 549 g/mol. The first-order valence-corrected chi connectivity index (χ1v) is 12.1. The Balaban J connectivity index is 1.83. The Morgan fingerprint density at radius 3 is 2.13 bits per heavy atom. The molecule has 0 spiro atoms. The molecule has 12 nitrogen and oxygen atoms in total. The molecule has 2 aromatic rings. The highest BCUT2D eigenvalue weighted by Crippen LogP contribution is 2.29. The normalized spacial score (nSPS) is 23.3. The summed E-state index contributed by atoms with van der Waals surface area (Å²) in [7, 11) is 0. The smallest absolute Gasteiger partial charge is 0.310 e. The van der Waals surface area contributed by atoms with E-state index in [0.29, 0.717) is 16.7 Å². The summed E-state index contributed by atoms with van der Waals surface area (Å²) in [6.07, 6.45) is -6.28. The van der Waals surface area contributed by atoms with Crippen LogP contribution >= 0.6 is 0 Å². The molecule has 6 N–H and O–H groups in total. The fourth-order valence-corrected chi connectivity index (χ4v) is 3.88. The maximum absolute atomic E-state index is 12.9. The van der Waals surface area contributed by atoms with Crippen LogP contribution in [0.3, 0.4) is 0 Å². The van der Waals surface area contributed by atoms with Gasteiger partial charge in [-0.1, -0.05) is 24.3 Å². The summed E-state index contributed by atoms with van der Waals surface area (Å²) in [6, 6.07) is 9.60. The predicted octanol–water partition coefficient (Wildman–Crippen LogP) is 0.445. The van der Waals surface area contributed by atoms with E-state index >= 15 is 0 Å². The van der Waals surface area contributed by atoms with Crippen LogP contribution in [-0.2, 0) is 41.4 Å². The van der Waals surface area contributed by atoms with Crippen LogP contribution in [0.5, 0.6) is 17.2 Å². The molecule has 0 saturated carbocycles. The van der Waals surface area contributed by atoms with Crippen LogP contribution < -0.4 is 0 Å². The van der Waals surface area contributed by atoms with Gasteiger partial charge < -0.3 is 49.6 Å². The molecule has 0 bridgehead atoms. The summed E-state index contributed by atoms with van der Waals surface area (Å²) >= 11 is 0. The van der Waals surface area contributed by atoms with Gasteiger partial charge in [-0.05, 0) is 47.9 Å². The highest BCUT2D eigenvalue weighted by molar-refractivity contribution is 5.74. The van der Waals surface area contributed by atoms with Gasteiger partial charge in [0.15, 0.2) is 30.0 Å². The molecule has 12 heteroatoms. The molecule has 0 aromatic heterocycles. The predicted molar refractivity (Wildman–Crippen MR) is 134 cm³/mol. The van der Waals surface area contributed by atoms with Crippen molar-refractivity contribution in [1.82, 2.24) is 0 Å². The second kappa shape index (κ2) is 13.9. The summed E-state index contributed by atoms with van der Waals surface area (Å²) in [5, 5.41) is 58.4. The van der Waals surface area contributed by atoms with Gasteiger partial charge in [-0.3, -0.25) is 9.59 Å². The summed E-state index contributed by atoms with van der Waals surface area (Å²) in [4.78, 5) is 25.6. The lowest BCUT2D eigenvalue weighted by atomic mass is 9.98. The summed E-state index contributed by atoms with van der Waals surface area (Å²) < 4.78 is 22.4. The van der Waals surface area contributed by atoms with Crippen molar-refractivity contribution in [3.8, 4) is 17.2 Å². The lowest BCUT2D eigenvalue weighted by molar-refractivity contribution is -0.304. The van der Waals surface area contributed by atoms with Crippen LogP contribution in [0.1, 0.15) is 18.1 Å². The highest BCUT2D eigenvalue weighted by Gasteiger charge is 2.50. The summed E-state index contributed by atoms with van der Waals surface area (Å²) in [5.41, 5.74) is 1.43. The number of aromatic hydroxyl groups is 3. The summed E-state index contributed by atoms with van der Waals surface area (Å²) in [5.74, 6) is -2.43. The molecule has 5 atom stereocenters. The molecular formula is C27H32O12. The van der Waals surface area contributed by atoms with Gasteiger partial charge in [-0.25, -0.2) is 0 Å². The van der Waals surface area contributed by atoms with E-state index in [9.17, 15) is 35.1 Å². The van der Waals surface area contributed by atoms with Crippen LogP contribution in [-0.4, -0.2) is 93.1 Å². The van der Waals surface area contributed by atoms with E-state index in [1.165, 1.54) is 48.5 Å². The van der Waals surface area contributed by atoms with E-state index in [4.69, 9.17) is 24.1 Å². The molecule has 0 amide bonds. The molecule has 3 rings (SSSR count). The van der Waals surface area contributed by atoms with Gasteiger partial charge in [0, 0.05) is 0 Å². The number of ether oxygens (including phenoxy) is 4. The number of phenolic OH excluding ortho intramolecular Hbond substituents is 3. The SMILES string of the molecule is CC(=CCO)CO[C@@H]1O[C@H](CO)[C@@H](O)[C@H](OC(=O)Cc2ccc(O)cc2)[C@H]1OC(=O)Cc1ccc(O)c(O)c1. The topological polar surface area (TPSA) is 192 Å². The molecule has 0 unspecified atom stereocenters. The zero-order chi connectivity index (χ0) is 28.5. The molecule has 212 valence electrons. The standard InChI is InChI=1S/C27H32O12/c1-15(8-9-28)14-36-27-26(39-23(34)12-17-4-7-19(31)20(32)10-17)25(24(35)21(13-29)37-27)38-22(33)11-16-2-5-18(30)6-3-16/h2-8,10,21,24-32,35H,9,11-14H2,1H3/t21-,24-,25+,26-,27-/m1/s1. The lowest BCUT2D eigenvalue weighted by Crippen LogP contribution is -2.62. The van der Waals surface area contributed by atoms with Crippen molar-refractivity contribution >= 4 is 11.9 Å². The third kappa shape index (κ3) is 8.40. The lowest BCUT2D eigenvalue weighted by Gasteiger charge is -2.42. The number of hydrogen-bond acceptors (Lipinski definition) is 12. The van der Waals surface area contributed by atoms with Crippen LogP contribution in [0.25, 0.3) is 0 Å². The number of hydrogen-bond donors (Lipinski definition) is 6. The zero-order valence-corrected chi connectivity index (χ0v) is 21.2. The van der Waals surface area contributed by atoms with Crippen LogP contribution in [0.2, 0.25) is 0 Å². The largest absolute Gasteiger partial charge is 0.508 e. The van der Waals surface area contributed by atoms with Crippen molar-refractivity contribution in [3.63, 3.8) is 0 Å². The van der Waals surface area contributed by atoms with E-state index in [-0.39, 0.29) is 37.6 Å². The van der Waals surface area contributed by atoms with E-state index in [2.05, 4.69) is 0 Å². The van der Waals surface area contributed by atoms with E-state index < -0.39 is 55.0 Å². The van der Waals surface area contributed by atoms with Crippen molar-refractivity contribution in [2.24, 2.45) is 0 Å². The van der Waals surface area contributed by atoms with Gasteiger partial charge >= 0.3 is 11.9 Å². The third-order valence-electron chi connectivity index (χ3n) is 5.92. The fourth-order valence-electron chi connectivity index (χ4n) is 3.88. The molecule has 39 heavy (non-hydrogen) atoms. The first-order valence-electron chi connectivity index (χ1n) is 12.1. The average Bonchev–Trinajstić information content (AvgIpc) is 2.89. The van der Waals surface area contributed by atoms with Crippen molar-refractivity contribution in [2.75, 3.05) is 19.8 Å². The summed E-state index contributed by atoms with van der Waals surface area (Å²) in [6.45, 7) is 0.693. The Morgan fingerprint density at radius 2 is 1.51 bits per heavy atom. The van der Waals surface area contributed by atoms with Gasteiger partial charge in [0.25, 0.3) is 0 Å². The van der Waals surface area contributed by atoms with Crippen LogP contribution in [0.15, 0.2) is 54.1 Å². The molecule has 1 fully saturated rings. The van der Waals surface area contributed by atoms with Gasteiger partial charge in [-0.2, -0.15) is 0 Å². The maximum Gasteiger partial charge on any atom is 0.310 e. The van der Waals surface area contributed by atoms with Gasteiger partial charge in [-0.15, -0.1) is 0 Å². The fraction of sp³-hybridized carbons (Fsp3) is 0.407. The third-order valence-corrected chi connectivity index (χ3v) is 5.92. The number of phenols is 3. The monoisotopic (exact) mass is 548 g/mol. The molecular weight excluding hydrogens is 516 g/mol. The van der Waals surface area contributed by atoms with Gasteiger partial charge in [0.2, 0.25) is 0 Å². The van der Waals surface area contributed by atoms with Crippen molar-refractivity contribution < 1.29 is 59.2 Å². The second-order valence-corrected chi connectivity index (χ2v) is 9.01. The molecule has 1 aliphatic rings. The maximum atomic E-state index is 12.9. The van der Waals surface area contributed by atoms with E-state index in [1.807, 2.05) is 0 Å². The number of aliphatic hydroxyl groups excluding tert-OH is 3. The number of aliphatic hydroxyl groups is 3. The quantitative estimate of drug-likeness (QED) is 0.129. The van der Waals surface area contributed by atoms with E-state index in [1.54, 1.807) is 6.92 Å². The molecule has 1 heterocycles. The van der Waals surface area contributed by atoms with Gasteiger partial charge in [0.05, 0.1) is 32.7 Å².